The largest absolute Gasteiger partial charge is 0.362 e. The van der Waals surface area contributed by atoms with Gasteiger partial charge in [-0.1, -0.05) is 63.8 Å². The van der Waals surface area contributed by atoms with E-state index in [0.717, 1.165) is 49.7 Å². The average molecular weight is 443 g/mol. The van der Waals surface area contributed by atoms with Gasteiger partial charge in [-0.3, -0.25) is 0 Å². The number of rotatable bonds is 14. The zero-order valence-corrected chi connectivity index (χ0v) is 22.4. The van der Waals surface area contributed by atoms with Gasteiger partial charge in [0.15, 0.2) is 5.79 Å². The van der Waals surface area contributed by atoms with Crippen molar-refractivity contribution in [2.75, 3.05) is 0 Å². The van der Waals surface area contributed by atoms with Gasteiger partial charge in [0.2, 0.25) is 0 Å². The number of hydrogen-bond acceptors (Lipinski definition) is 2. The minimum absolute atomic E-state index is 0.230. The van der Waals surface area contributed by atoms with Gasteiger partial charge < -0.3 is 10.2 Å². The summed E-state index contributed by atoms with van der Waals surface area (Å²) in [6, 6.07) is 0. The molecule has 0 aromatic carbocycles. The first-order valence-electron chi connectivity index (χ1n) is 12.2. The molecule has 2 nitrogen and oxygen atoms in total. The Morgan fingerprint density at radius 2 is 0.969 bits per heavy atom. The molecule has 182 valence electrons. The van der Waals surface area contributed by atoms with Crippen LogP contribution in [0.25, 0.3) is 0 Å². The van der Waals surface area contributed by atoms with Crippen molar-refractivity contribution in [2.45, 2.75) is 119 Å². The lowest BCUT2D eigenvalue weighted by molar-refractivity contribution is -0.126. The van der Waals surface area contributed by atoms with Gasteiger partial charge in [0.05, 0.1) is 0 Å². The van der Waals surface area contributed by atoms with Crippen molar-refractivity contribution in [1.82, 2.24) is 0 Å². The smallest absolute Gasteiger partial charge is 0.189 e. The average Bonchev–Trinajstić information content (AvgIpc) is 2.65. The van der Waals surface area contributed by atoms with Gasteiger partial charge in [0, 0.05) is 6.42 Å². The maximum atomic E-state index is 11.1. The minimum atomic E-state index is -1.82. The topological polar surface area (TPSA) is 40.5 Å². The molecule has 0 aliphatic carbocycles. The van der Waals surface area contributed by atoms with E-state index in [0.29, 0.717) is 6.42 Å². The molecule has 32 heavy (non-hydrogen) atoms. The van der Waals surface area contributed by atoms with Crippen molar-refractivity contribution in [1.29, 1.82) is 0 Å². The number of allylic oxidation sites excluding steroid dienone is 10. The highest BCUT2D eigenvalue weighted by molar-refractivity contribution is 5.25. The van der Waals surface area contributed by atoms with Crippen LogP contribution >= 0.6 is 0 Å². The van der Waals surface area contributed by atoms with E-state index in [1.807, 2.05) is 13.0 Å². The van der Waals surface area contributed by atoms with Gasteiger partial charge in [-0.15, -0.1) is 0 Å². The second-order valence-electron chi connectivity index (χ2n) is 10.0. The minimum Gasteiger partial charge on any atom is -0.362 e. The van der Waals surface area contributed by atoms with E-state index in [2.05, 4.69) is 79.7 Å². The van der Waals surface area contributed by atoms with Crippen LogP contribution in [0.3, 0.4) is 0 Å². The molecule has 0 radical (unpaired) electrons. The molecule has 0 saturated carbocycles. The zero-order chi connectivity index (χ0) is 24.7. The third-order valence-corrected chi connectivity index (χ3v) is 5.64. The molecule has 0 aliphatic heterocycles. The Morgan fingerprint density at radius 1 is 0.562 bits per heavy atom. The Labute approximate surface area is 199 Å². The van der Waals surface area contributed by atoms with E-state index in [1.54, 1.807) is 0 Å². The number of hydrogen-bond donors (Lipinski definition) is 2. The molecule has 0 aromatic heterocycles. The summed E-state index contributed by atoms with van der Waals surface area (Å²) >= 11 is 0. The van der Waals surface area contributed by atoms with Crippen LogP contribution in [0.1, 0.15) is 114 Å². The van der Waals surface area contributed by atoms with Crippen molar-refractivity contribution in [3.05, 3.63) is 69.4 Å². The summed E-state index contributed by atoms with van der Waals surface area (Å²) in [6.07, 6.45) is 17.4. The Kier molecular flexibility index (Phi) is 15.2. The molecule has 0 atom stereocenters. The Bertz CT molecular complexity index is 740. The molecule has 0 bridgehead atoms. The highest BCUT2D eigenvalue weighted by atomic mass is 16.5. The lowest BCUT2D eigenvalue weighted by atomic mass is 9.90. The SMILES string of the molecule is CC(C)=CCCC(C)=CCC(=C(C)CCC=C(C)C)C(O)(O)CC=C(C)CCC=C(C)C. The molecule has 2 N–H and O–H groups in total. The lowest BCUT2D eigenvalue weighted by Gasteiger charge is -2.26. The van der Waals surface area contributed by atoms with Crippen LogP contribution in [-0.2, 0) is 0 Å². The van der Waals surface area contributed by atoms with E-state index in [1.165, 1.54) is 27.9 Å². The Morgan fingerprint density at radius 3 is 1.41 bits per heavy atom. The van der Waals surface area contributed by atoms with Gasteiger partial charge in [0.25, 0.3) is 0 Å². The van der Waals surface area contributed by atoms with Crippen molar-refractivity contribution in [3.63, 3.8) is 0 Å². The lowest BCUT2D eigenvalue weighted by Crippen LogP contribution is -2.31. The summed E-state index contributed by atoms with van der Waals surface area (Å²) in [7, 11) is 0. The molecule has 0 amide bonds. The molecule has 2 heteroatoms. The van der Waals surface area contributed by atoms with Gasteiger partial charge in [-0.25, -0.2) is 0 Å². The monoisotopic (exact) mass is 442 g/mol. The molecule has 0 aromatic rings. The van der Waals surface area contributed by atoms with Crippen molar-refractivity contribution < 1.29 is 10.2 Å². The third-order valence-electron chi connectivity index (χ3n) is 5.64. The summed E-state index contributed by atoms with van der Waals surface area (Å²) in [5, 5.41) is 22.1. The number of aliphatic hydroxyl groups is 2. The first kappa shape index (κ1) is 30.4. The Balaban J connectivity index is 5.52. The first-order valence-corrected chi connectivity index (χ1v) is 12.2. The zero-order valence-electron chi connectivity index (χ0n) is 22.4. The van der Waals surface area contributed by atoms with E-state index < -0.39 is 5.79 Å². The predicted octanol–water partition coefficient (Wildman–Crippen LogP) is 8.90. The molecule has 0 unspecified atom stereocenters. The summed E-state index contributed by atoms with van der Waals surface area (Å²) < 4.78 is 0. The van der Waals surface area contributed by atoms with Crippen LogP contribution in [0.4, 0.5) is 0 Å². The summed E-state index contributed by atoms with van der Waals surface area (Å²) in [4.78, 5) is 0. The fourth-order valence-corrected chi connectivity index (χ4v) is 3.50. The van der Waals surface area contributed by atoms with Crippen LogP contribution in [0.5, 0.6) is 0 Å². The second kappa shape index (κ2) is 16.0. The predicted molar refractivity (Wildman–Crippen MR) is 143 cm³/mol. The quantitative estimate of drug-likeness (QED) is 0.208. The maximum absolute atomic E-state index is 11.1. The molecule has 0 rings (SSSR count). The molecule has 0 aliphatic rings. The first-order chi connectivity index (χ1) is 14.8. The van der Waals surface area contributed by atoms with Crippen LogP contribution in [0.2, 0.25) is 0 Å². The highest BCUT2D eigenvalue weighted by Gasteiger charge is 2.28. The van der Waals surface area contributed by atoms with E-state index in [4.69, 9.17) is 0 Å². The van der Waals surface area contributed by atoms with Crippen molar-refractivity contribution >= 4 is 0 Å². The van der Waals surface area contributed by atoms with Crippen LogP contribution in [0, 0.1) is 0 Å². The van der Waals surface area contributed by atoms with Crippen molar-refractivity contribution in [2.24, 2.45) is 0 Å². The normalized spacial score (nSPS) is 13.5. The van der Waals surface area contributed by atoms with Crippen LogP contribution in [0.15, 0.2) is 69.4 Å². The van der Waals surface area contributed by atoms with Crippen LogP contribution < -0.4 is 0 Å². The molecular formula is C30H50O2. The van der Waals surface area contributed by atoms with Gasteiger partial charge in [-0.2, -0.15) is 0 Å². The van der Waals surface area contributed by atoms with E-state index in [-0.39, 0.29) is 6.42 Å². The Hall–Kier alpha value is -1.64. The summed E-state index contributed by atoms with van der Waals surface area (Å²) in [5.74, 6) is -1.82. The van der Waals surface area contributed by atoms with Gasteiger partial charge in [0.1, 0.15) is 0 Å². The van der Waals surface area contributed by atoms with Gasteiger partial charge in [-0.05, 0) is 113 Å². The molecule has 0 saturated heterocycles. The van der Waals surface area contributed by atoms with Gasteiger partial charge >= 0.3 is 0 Å². The van der Waals surface area contributed by atoms with Crippen LogP contribution in [-0.4, -0.2) is 16.0 Å². The molecule has 0 spiro atoms. The highest BCUT2D eigenvalue weighted by Crippen LogP contribution is 2.29. The molecular weight excluding hydrogens is 392 g/mol. The fraction of sp³-hybridized carbons (Fsp3) is 0.600. The van der Waals surface area contributed by atoms with Crippen molar-refractivity contribution in [3.8, 4) is 0 Å². The standard InChI is InChI=1S/C30H50O2/c1-23(2)13-10-16-26(7)19-20-29(28(9)18-12-15-25(5)6)30(31,32)22-21-27(8)17-11-14-24(3)4/h13-15,19,21,31-32H,10-12,16-18,20,22H2,1-9H3. The fourth-order valence-electron chi connectivity index (χ4n) is 3.50. The summed E-state index contributed by atoms with van der Waals surface area (Å²) in [5.41, 5.74) is 8.27. The molecule has 0 heterocycles. The third kappa shape index (κ3) is 15.2. The summed E-state index contributed by atoms with van der Waals surface area (Å²) in [6.45, 7) is 18.9. The maximum Gasteiger partial charge on any atom is 0.189 e. The van der Waals surface area contributed by atoms with E-state index >= 15 is 0 Å². The second-order valence-corrected chi connectivity index (χ2v) is 10.0. The van der Waals surface area contributed by atoms with E-state index in [9.17, 15) is 10.2 Å². The molecule has 0 fully saturated rings.